The average molecular weight is 229 g/mol. The van der Waals surface area contributed by atoms with Crippen LogP contribution >= 0.6 is 0 Å². The van der Waals surface area contributed by atoms with Crippen LogP contribution in [0.2, 0.25) is 0 Å². The van der Waals surface area contributed by atoms with Crippen LogP contribution in [0, 0.1) is 0 Å². The van der Waals surface area contributed by atoms with Crippen molar-refractivity contribution in [2.75, 3.05) is 46.8 Å². The monoisotopic (exact) mass is 229 g/mol. The largest absolute Gasteiger partial charge is 0.311 e. The van der Waals surface area contributed by atoms with Crippen molar-refractivity contribution in [3.05, 3.63) is 0 Å². The summed E-state index contributed by atoms with van der Waals surface area (Å²) in [6, 6.07) is 0. The molecule has 0 heterocycles. The van der Waals surface area contributed by atoms with Gasteiger partial charge in [-0.3, -0.25) is 0 Å². The van der Waals surface area contributed by atoms with Crippen LogP contribution in [0.1, 0.15) is 34.1 Å². The fourth-order valence-corrected chi connectivity index (χ4v) is 2.05. The average Bonchev–Trinajstić information content (AvgIpc) is 2.15. The summed E-state index contributed by atoms with van der Waals surface area (Å²) in [6.07, 6.45) is 1.25. The Kier molecular flexibility index (Phi) is 7.98. The molecule has 0 saturated carbocycles. The van der Waals surface area contributed by atoms with Gasteiger partial charge in [0.15, 0.2) is 0 Å². The lowest BCUT2D eigenvalue weighted by molar-refractivity contribution is 0.202. The van der Waals surface area contributed by atoms with E-state index in [-0.39, 0.29) is 5.54 Å². The second-order valence-electron chi connectivity index (χ2n) is 5.44. The van der Waals surface area contributed by atoms with Crippen LogP contribution in [0.5, 0.6) is 0 Å². The highest BCUT2D eigenvalue weighted by Crippen LogP contribution is 2.06. The molecule has 0 saturated heterocycles. The Labute approximate surface area is 102 Å². The first-order valence-electron chi connectivity index (χ1n) is 6.53. The SMILES string of the molecule is CCNC(C)(C)CN(CC)CCCN(C)C. The topological polar surface area (TPSA) is 18.5 Å². The van der Waals surface area contributed by atoms with E-state index in [1.165, 1.54) is 19.5 Å². The molecule has 1 N–H and O–H groups in total. The van der Waals surface area contributed by atoms with Crippen LogP contribution < -0.4 is 5.32 Å². The molecule has 0 radical (unpaired) electrons. The van der Waals surface area contributed by atoms with E-state index in [4.69, 9.17) is 0 Å². The van der Waals surface area contributed by atoms with Crippen molar-refractivity contribution in [1.29, 1.82) is 0 Å². The van der Waals surface area contributed by atoms with Crippen molar-refractivity contribution in [3.8, 4) is 0 Å². The Hall–Kier alpha value is -0.120. The Balaban J connectivity index is 3.90. The lowest BCUT2D eigenvalue weighted by Crippen LogP contribution is -2.49. The number of rotatable bonds is 9. The van der Waals surface area contributed by atoms with Crippen molar-refractivity contribution in [3.63, 3.8) is 0 Å². The molecule has 0 aliphatic heterocycles. The van der Waals surface area contributed by atoms with Crippen molar-refractivity contribution in [2.45, 2.75) is 39.7 Å². The summed E-state index contributed by atoms with van der Waals surface area (Å²) in [5.74, 6) is 0. The van der Waals surface area contributed by atoms with Gasteiger partial charge >= 0.3 is 0 Å². The van der Waals surface area contributed by atoms with E-state index in [1.54, 1.807) is 0 Å². The van der Waals surface area contributed by atoms with E-state index in [9.17, 15) is 0 Å². The molecule has 3 nitrogen and oxygen atoms in total. The molecule has 3 heteroatoms. The third-order valence-electron chi connectivity index (χ3n) is 2.80. The lowest BCUT2D eigenvalue weighted by Gasteiger charge is -2.33. The van der Waals surface area contributed by atoms with Gasteiger partial charge in [-0.05, 0) is 60.5 Å². The highest BCUT2D eigenvalue weighted by atomic mass is 15.2. The molecule has 0 amide bonds. The summed E-state index contributed by atoms with van der Waals surface area (Å²) in [4.78, 5) is 4.79. The highest BCUT2D eigenvalue weighted by Gasteiger charge is 2.19. The Morgan fingerprint density at radius 1 is 1.06 bits per heavy atom. The molecule has 0 aromatic rings. The zero-order chi connectivity index (χ0) is 12.6. The molecule has 0 bridgehead atoms. The second kappa shape index (κ2) is 8.04. The standard InChI is InChI=1S/C13H31N3/c1-7-14-13(3,4)12-16(8-2)11-9-10-15(5)6/h14H,7-12H2,1-6H3. The molecule has 0 aromatic heterocycles. The first kappa shape index (κ1) is 15.9. The number of hydrogen-bond donors (Lipinski definition) is 1. The summed E-state index contributed by atoms with van der Waals surface area (Å²) in [7, 11) is 4.28. The van der Waals surface area contributed by atoms with Crippen molar-refractivity contribution >= 4 is 0 Å². The van der Waals surface area contributed by atoms with Crippen LogP contribution in [0.3, 0.4) is 0 Å². The predicted octanol–water partition coefficient (Wildman–Crippen LogP) is 1.65. The number of nitrogens with one attached hydrogen (secondary N) is 1. The van der Waals surface area contributed by atoms with Crippen LogP contribution in [0.4, 0.5) is 0 Å². The Morgan fingerprint density at radius 2 is 1.69 bits per heavy atom. The minimum absolute atomic E-state index is 0.225. The fraction of sp³-hybridized carbons (Fsp3) is 1.00. The minimum atomic E-state index is 0.225. The van der Waals surface area contributed by atoms with Gasteiger partial charge in [-0.15, -0.1) is 0 Å². The summed E-state index contributed by atoms with van der Waals surface area (Å²) >= 11 is 0. The number of nitrogens with zero attached hydrogens (tertiary/aromatic N) is 2. The molecule has 0 aliphatic carbocycles. The molecule has 0 spiro atoms. The molecule has 16 heavy (non-hydrogen) atoms. The summed E-state index contributed by atoms with van der Waals surface area (Å²) < 4.78 is 0. The molecule has 0 unspecified atom stereocenters. The Morgan fingerprint density at radius 3 is 2.12 bits per heavy atom. The summed E-state index contributed by atoms with van der Waals surface area (Å²) in [5, 5.41) is 3.53. The number of likely N-dealkylation sites (N-methyl/N-ethyl adjacent to an activating group) is 2. The molecule has 0 aromatic carbocycles. The molecule has 0 aliphatic rings. The zero-order valence-corrected chi connectivity index (χ0v) is 12.1. The van der Waals surface area contributed by atoms with Gasteiger partial charge in [0.2, 0.25) is 0 Å². The van der Waals surface area contributed by atoms with E-state index >= 15 is 0 Å². The maximum absolute atomic E-state index is 3.53. The third kappa shape index (κ3) is 8.08. The van der Waals surface area contributed by atoms with Gasteiger partial charge in [0.05, 0.1) is 0 Å². The molecule has 0 rings (SSSR count). The normalized spacial score (nSPS) is 12.8. The summed E-state index contributed by atoms with van der Waals surface area (Å²) in [5.41, 5.74) is 0.225. The van der Waals surface area contributed by atoms with Crippen LogP contribution in [-0.4, -0.2) is 62.2 Å². The van der Waals surface area contributed by atoms with Crippen molar-refractivity contribution in [1.82, 2.24) is 15.1 Å². The smallest absolute Gasteiger partial charge is 0.0252 e. The van der Waals surface area contributed by atoms with E-state index in [2.05, 4.69) is 56.9 Å². The predicted molar refractivity (Wildman–Crippen MR) is 73.0 cm³/mol. The van der Waals surface area contributed by atoms with Crippen LogP contribution in [0.15, 0.2) is 0 Å². The van der Waals surface area contributed by atoms with Crippen LogP contribution in [-0.2, 0) is 0 Å². The maximum atomic E-state index is 3.53. The first-order chi connectivity index (χ1) is 7.41. The van der Waals surface area contributed by atoms with Gasteiger partial charge in [0, 0.05) is 12.1 Å². The van der Waals surface area contributed by atoms with E-state index in [0.717, 1.165) is 19.6 Å². The van der Waals surface area contributed by atoms with E-state index < -0.39 is 0 Å². The Bertz CT molecular complexity index is 167. The lowest BCUT2D eigenvalue weighted by atomic mass is 10.0. The van der Waals surface area contributed by atoms with Gasteiger partial charge in [0.1, 0.15) is 0 Å². The molecular formula is C13H31N3. The molecular weight excluding hydrogens is 198 g/mol. The van der Waals surface area contributed by atoms with Gasteiger partial charge in [-0.25, -0.2) is 0 Å². The maximum Gasteiger partial charge on any atom is 0.0252 e. The second-order valence-corrected chi connectivity index (χ2v) is 5.44. The third-order valence-corrected chi connectivity index (χ3v) is 2.80. The minimum Gasteiger partial charge on any atom is -0.311 e. The number of hydrogen-bond acceptors (Lipinski definition) is 3. The summed E-state index contributed by atoms with van der Waals surface area (Å²) in [6.45, 7) is 14.7. The van der Waals surface area contributed by atoms with Crippen LogP contribution in [0.25, 0.3) is 0 Å². The molecule has 98 valence electrons. The van der Waals surface area contributed by atoms with Crippen molar-refractivity contribution < 1.29 is 0 Å². The quantitative estimate of drug-likeness (QED) is 0.648. The van der Waals surface area contributed by atoms with Gasteiger partial charge < -0.3 is 15.1 Å². The highest BCUT2D eigenvalue weighted by molar-refractivity contribution is 4.80. The van der Waals surface area contributed by atoms with Gasteiger partial charge in [0.25, 0.3) is 0 Å². The van der Waals surface area contributed by atoms with Crippen molar-refractivity contribution in [2.24, 2.45) is 0 Å². The van der Waals surface area contributed by atoms with Gasteiger partial charge in [-0.2, -0.15) is 0 Å². The molecule has 0 atom stereocenters. The zero-order valence-electron chi connectivity index (χ0n) is 12.1. The fourth-order valence-electron chi connectivity index (χ4n) is 2.05. The van der Waals surface area contributed by atoms with E-state index in [1.807, 2.05) is 0 Å². The first-order valence-corrected chi connectivity index (χ1v) is 6.53. The van der Waals surface area contributed by atoms with E-state index in [0.29, 0.717) is 0 Å². The van der Waals surface area contributed by atoms with Gasteiger partial charge in [-0.1, -0.05) is 13.8 Å². The molecule has 0 fully saturated rings.